The molecule has 0 aromatic heterocycles. The van der Waals surface area contributed by atoms with Gasteiger partial charge in [-0.1, -0.05) is 43.7 Å². The first kappa shape index (κ1) is 19.7. The van der Waals surface area contributed by atoms with E-state index < -0.39 is 0 Å². The summed E-state index contributed by atoms with van der Waals surface area (Å²) in [7, 11) is 1.41. The second-order valence-electron chi connectivity index (χ2n) is 8.63. The van der Waals surface area contributed by atoms with E-state index in [-0.39, 0.29) is 16.8 Å². The van der Waals surface area contributed by atoms with Crippen LogP contribution in [0.4, 0.5) is 0 Å². The molecule has 2 aliphatic rings. The number of fused-ring (bicyclic) bond motifs is 1. The molecule has 0 aliphatic heterocycles. The molecule has 0 spiro atoms. The summed E-state index contributed by atoms with van der Waals surface area (Å²) in [5, 5.41) is 13.0. The van der Waals surface area contributed by atoms with Crippen molar-refractivity contribution >= 4 is 11.7 Å². The third kappa shape index (κ3) is 3.68. The van der Waals surface area contributed by atoms with E-state index in [2.05, 4.69) is 32.5 Å². The highest BCUT2D eigenvalue weighted by Gasteiger charge is 2.55. The summed E-state index contributed by atoms with van der Waals surface area (Å²) in [6.07, 6.45) is 7.49. The second kappa shape index (κ2) is 7.35. The van der Waals surface area contributed by atoms with E-state index in [1.54, 1.807) is 6.08 Å². The van der Waals surface area contributed by atoms with Crippen molar-refractivity contribution in [3.63, 3.8) is 0 Å². The lowest BCUT2D eigenvalue weighted by atomic mass is 9.46. The number of oxime groups is 1. The zero-order valence-electron chi connectivity index (χ0n) is 16.4. The normalized spacial score (nSPS) is 33.9. The van der Waals surface area contributed by atoms with Gasteiger partial charge in [0.15, 0.2) is 0 Å². The van der Waals surface area contributed by atoms with Crippen LogP contribution in [-0.2, 0) is 9.53 Å². The maximum atomic E-state index is 11.4. The highest BCUT2D eigenvalue weighted by molar-refractivity contribution is 5.90. The minimum atomic E-state index is -0.286. The van der Waals surface area contributed by atoms with Crippen molar-refractivity contribution in [3.05, 3.63) is 23.8 Å². The van der Waals surface area contributed by atoms with Crippen LogP contribution in [0.25, 0.3) is 0 Å². The van der Waals surface area contributed by atoms with Gasteiger partial charge in [-0.2, -0.15) is 0 Å². The summed E-state index contributed by atoms with van der Waals surface area (Å²) in [5.74, 6) is 0.637. The molecule has 0 saturated heterocycles. The van der Waals surface area contributed by atoms with Crippen molar-refractivity contribution in [2.75, 3.05) is 7.11 Å². The average Bonchev–Trinajstić information content (AvgIpc) is 2.53. The summed E-state index contributed by atoms with van der Waals surface area (Å²) in [6, 6.07) is 0. The smallest absolute Gasteiger partial charge is 0.330 e. The number of hydrogen-bond donors (Lipinski definition) is 1. The van der Waals surface area contributed by atoms with Crippen molar-refractivity contribution in [1.82, 2.24) is 0 Å². The molecule has 0 amide bonds. The Hall–Kier alpha value is -1.58. The Morgan fingerprint density at radius 1 is 1.40 bits per heavy atom. The van der Waals surface area contributed by atoms with Gasteiger partial charge in [-0.3, -0.25) is 0 Å². The zero-order valence-corrected chi connectivity index (χ0v) is 16.4. The van der Waals surface area contributed by atoms with Gasteiger partial charge in [-0.05, 0) is 62.7 Å². The standard InChI is InChI=1S/C21H33NO3/c1-14(13-19(23)25-6)7-9-16-15(2)8-10-17-20(3,4)18(22-24)11-12-21(16,17)5/h13,16-17,24H,2,7-12H2,1,3-6H3/b14-13+,22-18+/t16-,17-,21+/m0/s1. The number of hydrogen-bond acceptors (Lipinski definition) is 4. The first-order valence-corrected chi connectivity index (χ1v) is 9.31. The Kier molecular flexibility index (Phi) is 5.80. The molecule has 2 aliphatic carbocycles. The van der Waals surface area contributed by atoms with E-state index in [1.807, 2.05) is 6.92 Å². The van der Waals surface area contributed by atoms with E-state index in [9.17, 15) is 10.0 Å². The second-order valence-corrected chi connectivity index (χ2v) is 8.63. The summed E-state index contributed by atoms with van der Waals surface area (Å²) in [4.78, 5) is 11.4. The summed E-state index contributed by atoms with van der Waals surface area (Å²) in [5.41, 5.74) is 3.40. The molecular weight excluding hydrogens is 314 g/mol. The third-order valence-corrected chi connectivity index (χ3v) is 6.87. The maximum absolute atomic E-state index is 11.4. The van der Waals surface area contributed by atoms with Gasteiger partial charge in [0.1, 0.15) is 0 Å². The van der Waals surface area contributed by atoms with Crippen LogP contribution >= 0.6 is 0 Å². The lowest BCUT2D eigenvalue weighted by Gasteiger charge is -2.58. The van der Waals surface area contributed by atoms with Crippen molar-refractivity contribution < 1.29 is 14.7 Å². The van der Waals surface area contributed by atoms with Crippen molar-refractivity contribution in [3.8, 4) is 0 Å². The molecule has 25 heavy (non-hydrogen) atoms. The van der Waals surface area contributed by atoms with Gasteiger partial charge in [0.25, 0.3) is 0 Å². The number of methoxy groups -OCH3 is 1. The summed E-state index contributed by atoms with van der Waals surface area (Å²) >= 11 is 0. The van der Waals surface area contributed by atoms with Gasteiger partial charge >= 0.3 is 5.97 Å². The minimum absolute atomic E-state index is 0.0857. The Balaban J connectivity index is 2.22. The lowest BCUT2D eigenvalue weighted by molar-refractivity contribution is -0.134. The SMILES string of the molecule is C=C1CC[C@H]2C(C)(C)/C(=N/O)CC[C@]2(C)[C@H]1CC/C(C)=C/C(=O)OC. The van der Waals surface area contributed by atoms with Crippen molar-refractivity contribution in [2.24, 2.45) is 27.8 Å². The quantitative estimate of drug-likeness (QED) is 0.252. The largest absolute Gasteiger partial charge is 0.466 e. The number of esters is 1. The minimum Gasteiger partial charge on any atom is -0.466 e. The monoisotopic (exact) mass is 347 g/mol. The van der Waals surface area contributed by atoms with Gasteiger partial charge in [0.05, 0.1) is 12.8 Å². The van der Waals surface area contributed by atoms with Gasteiger partial charge < -0.3 is 9.94 Å². The zero-order chi connectivity index (χ0) is 18.8. The van der Waals surface area contributed by atoms with Gasteiger partial charge in [-0.15, -0.1) is 0 Å². The molecule has 2 fully saturated rings. The Bertz CT molecular complexity index is 602. The summed E-state index contributed by atoms with van der Waals surface area (Å²) < 4.78 is 4.72. The van der Waals surface area contributed by atoms with E-state index in [0.29, 0.717) is 11.8 Å². The molecule has 0 unspecified atom stereocenters. The van der Waals surface area contributed by atoms with Crippen molar-refractivity contribution in [1.29, 1.82) is 0 Å². The molecule has 4 heteroatoms. The fraction of sp³-hybridized carbons (Fsp3) is 0.714. The predicted octanol–water partition coefficient (Wildman–Crippen LogP) is 5.12. The van der Waals surface area contributed by atoms with Crippen LogP contribution in [0, 0.1) is 22.7 Å². The molecule has 140 valence electrons. The third-order valence-electron chi connectivity index (χ3n) is 6.87. The molecule has 2 rings (SSSR count). The van der Waals surface area contributed by atoms with Crippen LogP contribution in [0.15, 0.2) is 29.0 Å². The molecule has 2 saturated carbocycles. The first-order chi connectivity index (χ1) is 11.7. The molecule has 0 heterocycles. The van der Waals surface area contributed by atoms with E-state index >= 15 is 0 Å². The predicted molar refractivity (Wildman–Crippen MR) is 101 cm³/mol. The van der Waals surface area contributed by atoms with Crippen LogP contribution in [0.2, 0.25) is 0 Å². The van der Waals surface area contributed by atoms with Crippen LogP contribution in [0.3, 0.4) is 0 Å². The number of nitrogens with zero attached hydrogens (tertiary/aromatic N) is 1. The summed E-state index contributed by atoms with van der Waals surface area (Å²) in [6.45, 7) is 13.2. The highest BCUT2D eigenvalue weighted by Crippen LogP contribution is 2.61. The lowest BCUT2D eigenvalue weighted by Crippen LogP contribution is -2.53. The van der Waals surface area contributed by atoms with E-state index in [1.165, 1.54) is 12.7 Å². The van der Waals surface area contributed by atoms with Crippen LogP contribution in [0.5, 0.6) is 0 Å². The van der Waals surface area contributed by atoms with E-state index in [4.69, 9.17) is 4.74 Å². The Morgan fingerprint density at radius 3 is 2.68 bits per heavy atom. The molecule has 1 N–H and O–H groups in total. The Labute approximate surface area is 152 Å². The van der Waals surface area contributed by atoms with Crippen molar-refractivity contribution in [2.45, 2.75) is 66.2 Å². The molecule has 0 aromatic carbocycles. The fourth-order valence-electron chi connectivity index (χ4n) is 5.40. The van der Waals surface area contributed by atoms with Crippen LogP contribution in [-0.4, -0.2) is 24.0 Å². The average molecular weight is 347 g/mol. The van der Waals surface area contributed by atoms with Crippen LogP contribution < -0.4 is 0 Å². The molecular formula is C21H33NO3. The number of carbonyl (C=O) groups is 1. The highest BCUT2D eigenvalue weighted by atomic mass is 16.5. The molecule has 4 nitrogen and oxygen atoms in total. The maximum Gasteiger partial charge on any atom is 0.330 e. The number of carbonyl (C=O) groups excluding carboxylic acids is 1. The first-order valence-electron chi connectivity index (χ1n) is 9.31. The van der Waals surface area contributed by atoms with Crippen LogP contribution in [0.1, 0.15) is 66.2 Å². The molecule has 0 aromatic rings. The topological polar surface area (TPSA) is 58.9 Å². The number of ether oxygens (including phenoxy) is 1. The fourth-order valence-corrected chi connectivity index (χ4v) is 5.40. The van der Waals surface area contributed by atoms with E-state index in [0.717, 1.165) is 49.8 Å². The molecule has 0 bridgehead atoms. The molecule has 0 radical (unpaired) electrons. The van der Waals surface area contributed by atoms with Gasteiger partial charge in [0, 0.05) is 11.5 Å². The number of allylic oxidation sites excluding steroid dienone is 2. The van der Waals surface area contributed by atoms with Gasteiger partial charge in [0.2, 0.25) is 0 Å². The Morgan fingerprint density at radius 2 is 2.08 bits per heavy atom. The number of rotatable bonds is 4. The van der Waals surface area contributed by atoms with Gasteiger partial charge in [-0.25, -0.2) is 4.79 Å². The molecule has 3 atom stereocenters.